The molecular weight excluding hydrogens is 344 g/mol. The lowest BCUT2D eigenvalue weighted by molar-refractivity contribution is -0.157. The summed E-state index contributed by atoms with van der Waals surface area (Å²) >= 11 is 0. The number of allylic oxidation sites excluding steroid dienone is 1. The largest absolute Gasteiger partial charge is 0.512 e. The van der Waals surface area contributed by atoms with Crippen LogP contribution in [-0.4, -0.2) is 28.3 Å². The summed E-state index contributed by atoms with van der Waals surface area (Å²) < 4.78 is 4.63. The molecule has 0 aliphatic heterocycles. The van der Waals surface area contributed by atoms with Crippen LogP contribution in [0, 0.1) is 0 Å². The molecule has 5 nitrogen and oxygen atoms in total. The Morgan fingerprint density at radius 1 is 0.852 bits per heavy atom. The van der Waals surface area contributed by atoms with Crippen molar-refractivity contribution in [3.63, 3.8) is 0 Å². The summed E-state index contributed by atoms with van der Waals surface area (Å²) in [6.07, 6.45) is 14.2. The molecule has 27 heavy (non-hydrogen) atoms. The van der Waals surface area contributed by atoms with Crippen LogP contribution in [0.4, 0.5) is 0 Å². The fraction of sp³-hybridized carbons (Fsp3) is 0.818. The number of hydrogen-bond donors (Lipinski definition) is 2. The topological polar surface area (TPSA) is 83.8 Å². The summed E-state index contributed by atoms with van der Waals surface area (Å²) in [6.45, 7) is 4.32. The summed E-state index contributed by atoms with van der Waals surface area (Å²) in [5, 5.41) is 19.6. The van der Waals surface area contributed by atoms with Gasteiger partial charge in [-0.05, 0) is 12.8 Å². The van der Waals surface area contributed by atoms with Gasteiger partial charge in [0, 0.05) is 6.42 Å². The van der Waals surface area contributed by atoms with Crippen molar-refractivity contribution in [2.45, 2.75) is 116 Å². The Kier molecular flexibility index (Phi) is 17.1. The molecule has 0 radical (unpaired) electrons. The number of aliphatic hydroxyl groups excluding tert-OH is 2. The Bertz CT molecular complexity index is 417. The van der Waals surface area contributed by atoms with E-state index in [4.69, 9.17) is 0 Å². The number of hydrogen-bond acceptors (Lipinski definition) is 5. The van der Waals surface area contributed by atoms with Crippen molar-refractivity contribution < 1.29 is 24.5 Å². The minimum atomic E-state index is -0.865. The van der Waals surface area contributed by atoms with Gasteiger partial charge in [0.05, 0.1) is 24.4 Å². The highest BCUT2D eigenvalue weighted by molar-refractivity contribution is 5.92. The van der Waals surface area contributed by atoms with Crippen LogP contribution in [-0.2, 0) is 14.3 Å². The Hall–Kier alpha value is -1.36. The summed E-state index contributed by atoms with van der Waals surface area (Å²) in [7, 11) is 0. The van der Waals surface area contributed by atoms with Crippen molar-refractivity contribution in [3.8, 4) is 0 Å². The van der Waals surface area contributed by atoms with E-state index in [2.05, 4.69) is 18.6 Å². The van der Waals surface area contributed by atoms with Crippen LogP contribution < -0.4 is 0 Å². The third-order valence-electron chi connectivity index (χ3n) is 4.58. The van der Waals surface area contributed by atoms with Gasteiger partial charge in [-0.3, -0.25) is 4.79 Å². The highest BCUT2D eigenvalue weighted by Crippen LogP contribution is 2.12. The average molecular weight is 385 g/mol. The maximum atomic E-state index is 11.7. The van der Waals surface area contributed by atoms with E-state index in [9.17, 15) is 19.8 Å². The molecule has 0 spiro atoms. The molecule has 1 unspecified atom stereocenters. The molecule has 0 aliphatic carbocycles. The Morgan fingerprint density at radius 3 is 1.96 bits per heavy atom. The van der Waals surface area contributed by atoms with Crippen LogP contribution in [0.3, 0.4) is 0 Å². The zero-order chi connectivity index (χ0) is 20.3. The highest BCUT2D eigenvalue weighted by Gasteiger charge is 2.15. The predicted molar refractivity (Wildman–Crippen MR) is 108 cm³/mol. The van der Waals surface area contributed by atoms with Gasteiger partial charge >= 0.3 is 11.9 Å². The summed E-state index contributed by atoms with van der Waals surface area (Å²) in [4.78, 5) is 23.3. The molecule has 2 N–H and O–H groups in total. The van der Waals surface area contributed by atoms with Gasteiger partial charge in [0.2, 0.25) is 0 Å². The molecule has 0 fully saturated rings. The molecule has 0 aromatic heterocycles. The van der Waals surface area contributed by atoms with E-state index in [-0.39, 0.29) is 12.2 Å². The lowest BCUT2D eigenvalue weighted by atomic mass is 10.1. The van der Waals surface area contributed by atoms with Crippen molar-refractivity contribution in [1.82, 2.24) is 0 Å². The van der Waals surface area contributed by atoms with E-state index in [0.717, 1.165) is 51.0 Å². The number of carbonyl (C=O) groups excluding carboxylic acids is 2. The fourth-order valence-electron chi connectivity index (χ4n) is 2.93. The van der Waals surface area contributed by atoms with Gasteiger partial charge in [0.1, 0.15) is 0 Å². The average Bonchev–Trinajstić information content (AvgIpc) is 2.60. The highest BCUT2D eigenvalue weighted by atomic mass is 16.6. The smallest absolute Gasteiger partial charge is 0.341 e. The van der Waals surface area contributed by atoms with Crippen LogP contribution in [0.25, 0.3) is 0 Å². The van der Waals surface area contributed by atoms with Gasteiger partial charge in [-0.25, -0.2) is 4.79 Å². The molecule has 0 aliphatic rings. The number of rotatable bonds is 17. The molecule has 0 amide bonds. The molecule has 0 saturated heterocycles. The van der Waals surface area contributed by atoms with Gasteiger partial charge < -0.3 is 14.9 Å². The molecule has 5 heteroatoms. The van der Waals surface area contributed by atoms with Crippen LogP contribution in [0.15, 0.2) is 11.8 Å². The molecule has 0 saturated carbocycles. The van der Waals surface area contributed by atoms with E-state index < -0.39 is 18.0 Å². The first-order valence-corrected chi connectivity index (χ1v) is 10.8. The monoisotopic (exact) mass is 384 g/mol. The second-order valence-corrected chi connectivity index (χ2v) is 7.36. The number of carbonyl (C=O) groups is 2. The normalized spacial score (nSPS) is 12.8. The minimum Gasteiger partial charge on any atom is -0.512 e. The maximum Gasteiger partial charge on any atom is 0.341 e. The molecule has 1 atom stereocenters. The molecule has 0 heterocycles. The maximum absolute atomic E-state index is 11.7. The van der Waals surface area contributed by atoms with Crippen LogP contribution in [0.2, 0.25) is 0 Å². The standard InChI is InChI=1S/C22H40O5/c1-3-5-7-9-10-12-14-16-20(24)18-22(26)27-21(25)17-19(23)15-13-11-8-6-4-2/h18-19,23-24H,3-17H2,1-2H3. The summed E-state index contributed by atoms with van der Waals surface area (Å²) in [5.41, 5.74) is 0. The lowest BCUT2D eigenvalue weighted by Gasteiger charge is -2.09. The minimum absolute atomic E-state index is 0.0576. The Morgan fingerprint density at radius 2 is 1.37 bits per heavy atom. The van der Waals surface area contributed by atoms with E-state index in [1.165, 1.54) is 32.1 Å². The fourth-order valence-corrected chi connectivity index (χ4v) is 2.93. The Labute approximate surface area is 165 Å². The van der Waals surface area contributed by atoms with Crippen molar-refractivity contribution in [3.05, 3.63) is 11.8 Å². The molecule has 0 bridgehead atoms. The number of unbranched alkanes of at least 4 members (excludes halogenated alkanes) is 10. The second kappa shape index (κ2) is 18.0. The van der Waals surface area contributed by atoms with E-state index in [1.807, 2.05) is 0 Å². The zero-order valence-corrected chi connectivity index (χ0v) is 17.4. The Balaban J connectivity index is 3.83. The third-order valence-corrected chi connectivity index (χ3v) is 4.58. The molecule has 0 aromatic carbocycles. The molecule has 158 valence electrons. The van der Waals surface area contributed by atoms with Gasteiger partial charge in [-0.1, -0.05) is 84.5 Å². The van der Waals surface area contributed by atoms with Crippen molar-refractivity contribution in [2.24, 2.45) is 0 Å². The van der Waals surface area contributed by atoms with Crippen molar-refractivity contribution >= 4 is 11.9 Å². The number of ether oxygens (including phenoxy) is 1. The third kappa shape index (κ3) is 17.8. The first-order chi connectivity index (χ1) is 13.0. The van der Waals surface area contributed by atoms with Gasteiger partial charge in [-0.15, -0.1) is 0 Å². The van der Waals surface area contributed by atoms with Crippen molar-refractivity contribution in [2.75, 3.05) is 0 Å². The first kappa shape index (κ1) is 25.6. The van der Waals surface area contributed by atoms with Crippen LogP contribution in [0.5, 0.6) is 0 Å². The number of esters is 2. The van der Waals surface area contributed by atoms with Gasteiger partial charge in [0.15, 0.2) is 0 Å². The summed E-state index contributed by atoms with van der Waals surface area (Å²) in [6, 6.07) is 0. The predicted octanol–water partition coefficient (Wildman–Crippen LogP) is 5.75. The first-order valence-electron chi connectivity index (χ1n) is 10.8. The molecule has 0 aromatic rings. The summed E-state index contributed by atoms with van der Waals surface area (Å²) in [5.74, 6) is -1.67. The number of aliphatic hydroxyl groups is 2. The van der Waals surface area contributed by atoms with Crippen molar-refractivity contribution in [1.29, 1.82) is 0 Å². The van der Waals surface area contributed by atoms with E-state index in [0.29, 0.717) is 12.8 Å². The van der Waals surface area contributed by atoms with E-state index >= 15 is 0 Å². The second-order valence-electron chi connectivity index (χ2n) is 7.36. The van der Waals surface area contributed by atoms with Crippen LogP contribution in [0.1, 0.15) is 110 Å². The SMILES string of the molecule is CCCCCCCCCC(O)=CC(=O)OC(=O)CC(O)CCCCCCC. The quantitative estimate of drug-likeness (QED) is 0.110. The molecular formula is C22H40O5. The molecule has 0 rings (SSSR count). The zero-order valence-electron chi connectivity index (χ0n) is 17.4. The van der Waals surface area contributed by atoms with Gasteiger partial charge in [-0.2, -0.15) is 0 Å². The van der Waals surface area contributed by atoms with Crippen LogP contribution >= 0.6 is 0 Å². The van der Waals surface area contributed by atoms with E-state index in [1.54, 1.807) is 0 Å². The lowest BCUT2D eigenvalue weighted by Crippen LogP contribution is -2.18. The van der Waals surface area contributed by atoms with Gasteiger partial charge in [0.25, 0.3) is 0 Å².